The topological polar surface area (TPSA) is 55.2 Å². The Morgan fingerprint density at radius 1 is 1.19 bits per heavy atom. The van der Waals surface area contributed by atoms with Crippen molar-refractivity contribution in [1.29, 1.82) is 0 Å². The fraction of sp³-hybridized carbons (Fsp3) is 0.476. The first-order valence-electron chi connectivity index (χ1n) is 9.38. The second kappa shape index (κ2) is 9.06. The minimum atomic E-state index is -0.117. The van der Waals surface area contributed by atoms with Gasteiger partial charge < -0.3 is 18.8 Å². The van der Waals surface area contributed by atoms with Gasteiger partial charge in [-0.2, -0.15) is 0 Å². The number of carbonyl (C=O) groups excluding carboxylic acids is 1. The number of furan rings is 1. The summed E-state index contributed by atoms with van der Waals surface area (Å²) in [5.74, 6) is 1.97. The molecule has 1 fully saturated rings. The number of carbonyl (C=O) groups is 1. The van der Waals surface area contributed by atoms with Gasteiger partial charge in [0.1, 0.15) is 18.1 Å². The quantitative estimate of drug-likeness (QED) is 0.748. The molecule has 1 aromatic carbocycles. The zero-order chi connectivity index (χ0) is 19.2. The van der Waals surface area contributed by atoms with Crippen LogP contribution in [0.4, 0.5) is 0 Å². The summed E-state index contributed by atoms with van der Waals surface area (Å²) >= 11 is 0. The summed E-state index contributed by atoms with van der Waals surface area (Å²) in [6.07, 6.45) is 0. The molecule has 0 bridgehead atoms. The molecule has 146 valence electrons. The largest absolute Gasteiger partial charge is 0.491 e. The van der Waals surface area contributed by atoms with Gasteiger partial charge in [-0.25, -0.2) is 0 Å². The molecular formula is C21H28N2O4. The van der Waals surface area contributed by atoms with E-state index in [-0.39, 0.29) is 5.91 Å². The van der Waals surface area contributed by atoms with Crippen LogP contribution in [0.25, 0.3) is 0 Å². The molecule has 6 nitrogen and oxygen atoms in total. The van der Waals surface area contributed by atoms with Crippen LogP contribution in [0.5, 0.6) is 5.75 Å². The average Bonchev–Trinajstić information content (AvgIpc) is 3.03. The highest BCUT2D eigenvalue weighted by molar-refractivity contribution is 5.92. The molecule has 1 amide bonds. The summed E-state index contributed by atoms with van der Waals surface area (Å²) < 4.78 is 17.0. The summed E-state index contributed by atoms with van der Waals surface area (Å²) in [4.78, 5) is 16.6. The number of rotatable bonds is 7. The van der Waals surface area contributed by atoms with E-state index in [1.807, 2.05) is 44.2 Å². The third kappa shape index (κ3) is 5.11. The van der Waals surface area contributed by atoms with Crippen molar-refractivity contribution in [2.24, 2.45) is 0 Å². The van der Waals surface area contributed by atoms with Gasteiger partial charge in [0, 0.05) is 25.7 Å². The third-order valence-electron chi connectivity index (χ3n) is 4.77. The van der Waals surface area contributed by atoms with E-state index >= 15 is 0 Å². The lowest BCUT2D eigenvalue weighted by atomic mass is 10.2. The first-order chi connectivity index (χ1) is 13.0. The maximum atomic E-state index is 12.7. The maximum Gasteiger partial charge on any atom is 0.289 e. The molecule has 3 rings (SSSR count). The Morgan fingerprint density at radius 2 is 1.93 bits per heavy atom. The average molecular weight is 372 g/mol. The molecule has 6 heteroatoms. The van der Waals surface area contributed by atoms with Gasteiger partial charge in [-0.1, -0.05) is 18.2 Å². The number of para-hydroxylation sites is 1. The molecule has 2 aromatic rings. The van der Waals surface area contributed by atoms with Crippen molar-refractivity contribution in [2.45, 2.75) is 20.4 Å². The SMILES string of the molecule is Cc1ccccc1OCCN(C)C(=O)c1oc(CN2CCOCC2)cc1C. The van der Waals surface area contributed by atoms with Crippen LogP contribution in [-0.4, -0.2) is 62.2 Å². The zero-order valence-corrected chi connectivity index (χ0v) is 16.4. The highest BCUT2D eigenvalue weighted by Crippen LogP contribution is 2.19. The van der Waals surface area contributed by atoms with Crippen LogP contribution in [0.3, 0.4) is 0 Å². The van der Waals surface area contributed by atoms with E-state index in [9.17, 15) is 4.79 Å². The highest BCUT2D eigenvalue weighted by Gasteiger charge is 2.21. The number of ether oxygens (including phenoxy) is 2. The van der Waals surface area contributed by atoms with Crippen LogP contribution in [0, 0.1) is 13.8 Å². The summed E-state index contributed by atoms with van der Waals surface area (Å²) in [5.41, 5.74) is 1.95. The number of nitrogens with zero attached hydrogens (tertiary/aromatic N) is 2. The molecule has 1 aromatic heterocycles. The number of aryl methyl sites for hydroxylation is 2. The monoisotopic (exact) mass is 372 g/mol. The van der Waals surface area contributed by atoms with Crippen molar-refractivity contribution < 1.29 is 18.7 Å². The lowest BCUT2D eigenvalue weighted by molar-refractivity contribution is 0.0310. The molecule has 2 heterocycles. The number of hydrogen-bond donors (Lipinski definition) is 0. The second-order valence-electron chi connectivity index (χ2n) is 6.95. The van der Waals surface area contributed by atoms with Gasteiger partial charge in [0.05, 0.1) is 26.3 Å². The molecule has 1 aliphatic heterocycles. The Bertz CT molecular complexity index is 765. The van der Waals surface area contributed by atoms with Crippen molar-refractivity contribution in [2.75, 3.05) is 46.5 Å². The zero-order valence-electron chi connectivity index (χ0n) is 16.4. The molecular weight excluding hydrogens is 344 g/mol. The normalized spacial score (nSPS) is 14.9. The fourth-order valence-electron chi connectivity index (χ4n) is 3.10. The van der Waals surface area contributed by atoms with Crippen LogP contribution in [0.15, 0.2) is 34.7 Å². The van der Waals surface area contributed by atoms with E-state index in [0.29, 0.717) is 25.5 Å². The lowest BCUT2D eigenvalue weighted by Crippen LogP contribution is -2.35. The summed E-state index contributed by atoms with van der Waals surface area (Å²) in [6, 6.07) is 9.82. The predicted octanol–water partition coefficient (Wildman–Crippen LogP) is 2.88. The minimum Gasteiger partial charge on any atom is -0.491 e. The number of hydrogen-bond acceptors (Lipinski definition) is 5. The Morgan fingerprint density at radius 3 is 2.67 bits per heavy atom. The van der Waals surface area contributed by atoms with E-state index in [0.717, 1.165) is 48.9 Å². The summed E-state index contributed by atoms with van der Waals surface area (Å²) in [6.45, 7) is 8.82. The molecule has 0 spiro atoms. The van der Waals surface area contributed by atoms with Gasteiger partial charge in [0.2, 0.25) is 0 Å². The summed E-state index contributed by atoms with van der Waals surface area (Å²) in [5, 5.41) is 0. The van der Waals surface area contributed by atoms with Crippen molar-refractivity contribution in [3.63, 3.8) is 0 Å². The number of likely N-dealkylation sites (N-methyl/N-ethyl adjacent to an activating group) is 1. The predicted molar refractivity (Wildman–Crippen MR) is 103 cm³/mol. The molecule has 0 unspecified atom stereocenters. The van der Waals surface area contributed by atoms with Crippen molar-refractivity contribution in [3.05, 3.63) is 53.0 Å². The first kappa shape index (κ1) is 19.5. The van der Waals surface area contributed by atoms with Crippen LogP contribution in [-0.2, 0) is 11.3 Å². The van der Waals surface area contributed by atoms with E-state index in [4.69, 9.17) is 13.9 Å². The van der Waals surface area contributed by atoms with Crippen molar-refractivity contribution in [3.8, 4) is 5.75 Å². The highest BCUT2D eigenvalue weighted by atomic mass is 16.5. The van der Waals surface area contributed by atoms with Crippen LogP contribution in [0.2, 0.25) is 0 Å². The van der Waals surface area contributed by atoms with E-state index < -0.39 is 0 Å². The Hall–Kier alpha value is -2.31. The van der Waals surface area contributed by atoms with Crippen molar-refractivity contribution in [1.82, 2.24) is 9.80 Å². The van der Waals surface area contributed by atoms with E-state index in [1.165, 1.54) is 0 Å². The van der Waals surface area contributed by atoms with E-state index in [2.05, 4.69) is 4.90 Å². The van der Waals surface area contributed by atoms with Crippen molar-refractivity contribution >= 4 is 5.91 Å². The second-order valence-corrected chi connectivity index (χ2v) is 6.95. The number of benzene rings is 1. The Kier molecular flexibility index (Phi) is 6.53. The van der Waals surface area contributed by atoms with Gasteiger partial charge in [-0.05, 0) is 31.5 Å². The molecule has 0 radical (unpaired) electrons. The first-order valence-corrected chi connectivity index (χ1v) is 9.38. The van der Waals surface area contributed by atoms with Crippen LogP contribution < -0.4 is 4.74 Å². The van der Waals surface area contributed by atoms with Gasteiger partial charge >= 0.3 is 0 Å². The Labute approximate surface area is 160 Å². The molecule has 1 saturated heterocycles. The maximum absolute atomic E-state index is 12.7. The van der Waals surface area contributed by atoms with E-state index in [1.54, 1.807) is 11.9 Å². The molecule has 1 aliphatic rings. The van der Waals surface area contributed by atoms with Gasteiger partial charge in [0.15, 0.2) is 5.76 Å². The van der Waals surface area contributed by atoms with Crippen LogP contribution in [0.1, 0.15) is 27.4 Å². The molecule has 0 saturated carbocycles. The van der Waals surface area contributed by atoms with Gasteiger partial charge in [0.25, 0.3) is 5.91 Å². The lowest BCUT2D eigenvalue weighted by Gasteiger charge is -2.25. The van der Waals surface area contributed by atoms with Gasteiger partial charge in [-0.15, -0.1) is 0 Å². The minimum absolute atomic E-state index is 0.117. The molecule has 0 N–H and O–H groups in total. The standard InChI is InChI=1S/C21H28N2O4/c1-16-6-4-5-7-19(16)26-13-8-22(3)21(24)20-17(2)14-18(27-20)15-23-9-11-25-12-10-23/h4-7,14H,8-13,15H2,1-3H3. The number of morpholine rings is 1. The smallest absolute Gasteiger partial charge is 0.289 e. The molecule has 0 atom stereocenters. The molecule has 27 heavy (non-hydrogen) atoms. The Balaban J connectivity index is 1.54. The fourth-order valence-corrected chi connectivity index (χ4v) is 3.10. The third-order valence-corrected chi connectivity index (χ3v) is 4.77. The van der Waals surface area contributed by atoms with Crippen LogP contribution >= 0.6 is 0 Å². The van der Waals surface area contributed by atoms with Gasteiger partial charge in [-0.3, -0.25) is 9.69 Å². The summed E-state index contributed by atoms with van der Waals surface area (Å²) in [7, 11) is 1.77. The number of amides is 1. The molecule has 0 aliphatic carbocycles.